The van der Waals surface area contributed by atoms with Crippen LogP contribution in [-0.4, -0.2) is 10.2 Å². The third-order valence-corrected chi connectivity index (χ3v) is 3.73. The molecule has 99 valence electrons. The molecule has 0 N–H and O–H groups in total. The summed E-state index contributed by atoms with van der Waals surface area (Å²) in [6, 6.07) is 27.4. The van der Waals surface area contributed by atoms with Gasteiger partial charge in [0.2, 0.25) is 0 Å². The molecule has 21 heavy (non-hydrogen) atoms. The first-order valence-corrected chi connectivity index (χ1v) is 7.46. The lowest BCUT2D eigenvalue weighted by Crippen LogP contribution is -1.98. The summed E-state index contributed by atoms with van der Waals surface area (Å²) >= 11 is 0. The van der Waals surface area contributed by atoms with Gasteiger partial charge in [0.1, 0.15) is 0 Å². The zero-order valence-electron chi connectivity index (χ0n) is 11.7. The maximum atomic E-state index is 3.50. The van der Waals surface area contributed by atoms with Gasteiger partial charge in [-0.05, 0) is 22.3 Å². The van der Waals surface area contributed by atoms with E-state index in [0.717, 1.165) is 5.19 Å². The Morgan fingerprint density at radius 1 is 0.524 bits per heavy atom. The van der Waals surface area contributed by atoms with E-state index >= 15 is 0 Å². The summed E-state index contributed by atoms with van der Waals surface area (Å²) in [5, 5.41) is 1.10. The Morgan fingerprint density at radius 3 is 1.57 bits per heavy atom. The van der Waals surface area contributed by atoms with Gasteiger partial charge in [-0.15, -0.1) is 0 Å². The molecule has 0 saturated carbocycles. The Hall–Kier alpha value is -2.38. The minimum Gasteiger partial charge on any atom is -0.0673 e. The Bertz CT molecular complexity index is 723. The van der Waals surface area contributed by atoms with Crippen molar-refractivity contribution in [3.63, 3.8) is 0 Å². The highest BCUT2D eigenvalue weighted by molar-refractivity contribution is 6.32. The predicted molar refractivity (Wildman–Crippen MR) is 92.6 cm³/mol. The summed E-state index contributed by atoms with van der Waals surface area (Å²) < 4.78 is 0. The first-order valence-electron chi connectivity index (χ1n) is 6.96. The second-order valence-corrected chi connectivity index (χ2v) is 5.52. The van der Waals surface area contributed by atoms with Gasteiger partial charge in [-0.1, -0.05) is 96.2 Å². The molecule has 3 radical (unpaired) electrons. The van der Waals surface area contributed by atoms with Gasteiger partial charge in [-0.2, -0.15) is 0 Å². The Labute approximate surface area is 129 Å². The highest BCUT2D eigenvalue weighted by Gasteiger charge is 1.95. The third kappa shape index (κ3) is 3.59. The number of rotatable bonds is 3. The minimum absolute atomic E-state index is 1.10. The van der Waals surface area contributed by atoms with Crippen molar-refractivity contribution in [2.45, 2.75) is 0 Å². The van der Waals surface area contributed by atoms with E-state index in [-0.39, 0.29) is 0 Å². The molecule has 0 heterocycles. The van der Waals surface area contributed by atoms with Crippen molar-refractivity contribution in [1.29, 1.82) is 0 Å². The monoisotopic (exact) mass is 283 g/mol. The average molecular weight is 283 g/mol. The van der Waals surface area contributed by atoms with E-state index in [9.17, 15) is 0 Å². The van der Waals surface area contributed by atoms with Crippen molar-refractivity contribution in [3.05, 3.63) is 90.0 Å². The van der Waals surface area contributed by atoms with Crippen LogP contribution in [0, 0.1) is 0 Å². The molecule has 0 unspecified atom stereocenters. The van der Waals surface area contributed by atoms with Crippen LogP contribution < -0.4 is 5.19 Å². The summed E-state index contributed by atoms with van der Waals surface area (Å²) in [7, 11) is 3.50. The van der Waals surface area contributed by atoms with Crippen molar-refractivity contribution in [3.8, 4) is 11.1 Å². The quantitative estimate of drug-likeness (QED) is 0.496. The Morgan fingerprint density at radius 2 is 1.00 bits per heavy atom. The maximum Gasteiger partial charge on any atom is 0.0711 e. The van der Waals surface area contributed by atoms with Crippen LogP contribution in [0.2, 0.25) is 0 Å². The molecule has 0 nitrogen and oxygen atoms in total. The predicted octanol–water partition coefficient (Wildman–Crippen LogP) is 4.32. The van der Waals surface area contributed by atoms with Crippen LogP contribution in [0.5, 0.6) is 0 Å². The molecule has 0 amide bonds. The van der Waals surface area contributed by atoms with Gasteiger partial charge in [0.25, 0.3) is 0 Å². The number of hydrogen-bond acceptors (Lipinski definition) is 0. The lowest BCUT2D eigenvalue weighted by Gasteiger charge is -2.02. The zero-order chi connectivity index (χ0) is 14.5. The van der Waals surface area contributed by atoms with Crippen molar-refractivity contribution < 1.29 is 0 Å². The SMILES string of the molecule is [Si]c1ccc(C=Cc2ccc(-c3ccccc3)cc2)cc1. The van der Waals surface area contributed by atoms with E-state index in [1.165, 1.54) is 22.3 Å². The normalized spacial score (nSPS) is 10.9. The van der Waals surface area contributed by atoms with Crippen molar-refractivity contribution in [1.82, 2.24) is 0 Å². The van der Waals surface area contributed by atoms with Crippen molar-refractivity contribution in [2.24, 2.45) is 0 Å². The molecule has 3 aromatic carbocycles. The summed E-state index contributed by atoms with van der Waals surface area (Å²) in [5.41, 5.74) is 4.90. The fraction of sp³-hybridized carbons (Fsp3) is 0. The molecule has 3 aromatic rings. The topological polar surface area (TPSA) is 0 Å². The molecule has 0 aliphatic carbocycles. The fourth-order valence-electron chi connectivity index (χ4n) is 2.20. The van der Waals surface area contributed by atoms with Crippen LogP contribution in [-0.2, 0) is 0 Å². The van der Waals surface area contributed by atoms with Gasteiger partial charge in [0.15, 0.2) is 0 Å². The molecular weight excluding hydrogens is 268 g/mol. The highest BCUT2D eigenvalue weighted by Crippen LogP contribution is 2.20. The Balaban J connectivity index is 1.77. The van der Waals surface area contributed by atoms with Crippen LogP contribution in [0.25, 0.3) is 23.3 Å². The van der Waals surface area contributed by atoms with E-state index in [4.69, 9.17) is 0 Å². The first-order chi connectivity index (χ1) is 10.3. The van der Waals surface area contributed by atoms with Gasteiger partial charge >= 0.3 is 0 Å². The summed E-state index contributed by atoms with van der Waals surface area (Å²) in [4.78, 5) is 0. The second kappa shape index (κ2) is 6.38. The van der Waals surface area contributed by atoms with Gasteiger partial charge in [-0.25, -0.2) is 0 Å². The second-order valence-electron chi connectivity index (χ2n) is 4.94. The molecule has 0 spiro atoms. The molecule has 1 heteroatoms. The van der Waals surface area contributed by atoms with Gasteiger partial charge in [0.05, 0.1) is 10.2 Å². The lowest BCUT2D eigenvalue weighted by atomic mass is 10.0. The van der Waals surface area contributed by atoms with Crippen LogP contribution in [0.3, 0.4) is 0 Å². The largest absolute Gasteiger partial charge is 0.0711 e. The number of hydrogen-bond donors (Lipinski definition) is 0. The van der Waals surface area contributed by atoms with E-state index in [1.54, 1.807) is 0 Å². The average Bonchev–Trinajstić information content (AvgIpc) is 2.56. The van der Waals surface area contributed by atoms with Crippen LogP contribution in [0.1, 0.15) is 11.1 Å². The van der Waals surface area contributed by atoms with E-state index in [0.29, 0.717) is 0 Å². The zero-order valence-corrected chi connectivity index (χ0v) is 12.7. The van der Waals surface area contributed by atoms with Crippen LogP contribution >= 0.6 is 0 Å². The highest BCUT2D eigenvalue weighted by atomic mass is 28.1. The summed E-state index contributed by atoms with van der Waals surface area (Å²) in [6.45, 7) is 0. The Kier molecular flexibility index (Phi) is 4.13. The van der Waals surface area contributed by atoms with Gasteiger partial charge in [-0.3, -0.25) is 0 Å². The molecule has 0 atom stereocenters. The van der Waals surface area contributed by atoms with Crippen molar-refractivity contribution in [2.75, 3.05) is 0 Å². The minimum atomic E-state index is 1.10. The lowest BCUT2D eigenvalue weighted by molar-refractivity contribution is 1.60. The maximum absolute atomic E-state index is 3.50. The van der Waals surface area contributed by atoms with Gasteiger partial charge < -0.3 is 0 Å². The molecule has 0 aliphatic rings. The molecule has 0 saturated heterocycles. The standard InChI is InChI=1S/C20H15Si/c21-20-14-10-17(11-15-20)7-6-16-8-12-19(13-9-16)18-4-2-1-3-5-18/h1-15H. The number of benzene rings is 3. The van der Waals surface area contributed by atoms with E-state index < -0.39 is 0 Å². The molecule has 0 bridgehead atoms. The molecule has 3 rings (SSSR count). The molecular formula is C20H15Si. The molecule has 0 aliphatic heterocycles. The summed E-state index contributed by atoms with van der Waals surface area (Å²) in [6.07, 6.45) is 4.26. The van der Waals surface area contributed by atoms with E-state index in [2.05, 4.69) is 95.2 Å². The van der Waals surface area contributed by atoms with Crippen LogP contribution in [0.4, 0.5) is 0 Å². The fourth-order valence-corrected chi connectivity index (χ4v) is 2.37. The van der Waals surface area contributed by atoms with Gasteiger partial charge in [0, 0.05) is 0 Å². The molecule has 0 aromatic heterocycles. The van der Waals surface area contributed by atoms with E-state index in [1.807, 2.05) is 6.07 Å². The smallest absolute Gasteiger partial charge is 0.0673 e. The van der Waals surface area contributed by atoms with Crippen molar-refractivity contribution >= 4 is 27.6 Å². The van der Waals surface area contributed by atoms with Crippen LogP contribution in [0.15, 0.2) is 78.9 Å². The summed E-state index contributed by atoms with van der Waals surface area (Å²) in [5.74, 6) is 0. The molecule has 0 fully saturated rings. The first kappa shape index (κ1) is 13.6. The third-order valence-electron chi connectivity index (χ3n) is 3.40.